The Hall–Kier alpha value is -1.92. The molecular weight excluding hydrogens is 338 g/mol. The van der Waals surface area contributed by atoms with Crippen molar-refractivity contribution < 1.29 is 4.79 Å². The van der Waals surface area contributed by atoms with E-state index in [1.165, 1.54) is 0 Å². The predicted octanol–water partition coefficient (Wildman–Crippen LogP) is 2.73. The first-order valence-corrected chi connectivity index (χ1v) is 9.09. The Labute approximate surface area is 152 Å². The van der Waals surface area contributed by atoms with Crippen molar-refractivity contribution in [2.45, 2.75) is 45.1 Å². The topological polar surface area (TPSA) is 85.8 Å². The molecule has 2 aromatic rings. The van der Waals surface area contributed by atoms with Crippen LogP contribution in [0.25, 0.3) is 5.69 Å². The normalized spacial score (nSPS) is 16.5. The zero-order valence-corrected chi connectivity index (χ0v) is 15.4. The van der Waals surface area contributed by atoms with Gasteiger partial charge in [-0.3, -0.25) is 4.79 Å². The number of nitrogens with one attached hydrogen (secondary N) is 1. The van der Waals surface area contributed by atoms with E-state index in [-0.39, 0.29) is 11.7 Å². The van der Waals surface area contributed by atoms with Gasteiger partial charge < -0.3 is 11.1 Å². The highest BCUT2D eigenvalue weighted by molar-refractivity contribution is 6.32. The van der Waals surface area contributed by atoms with Crippen molar-refractivity contribution in [2.75, 3.05) is 6.54 Å². The number of aromatic nitrogens is 3. The van der Waals surface area contributed by atoms with Crippen LogP contribution < -0.4 is 11.1 Å². The van der Waals surface area contributed by atoms with Crippen LogP contribution in [0.3, 0.4) is 0 Å². The van der Waals surface area contributed by atoms with Gasteiger partial charge in [-0.05, 0) is 44.2 Å². The summed E-state index contributed by atoms with van der Waals surface area (Å²) in [7, 11) is 0. The van der Waals surface area contributed by atoms with Gasteiger partial charge in [-0.25, -0.2) is 9.67 Å². The molecule has 0 radical (unpaired) electrons. The van der Waals surface area contributed by atoms with Crippen molar-refractivity contribution in [3.63, 3.8) is 0 Å². The molecule has 1 aromatic heterocycles. The Morgan fingerprint density at radius 1 is 1.44 bits per heavy atom. The van der Waals surface area contributed by atoms with Crippen molar-refractivity contribution >= 4 is 17.5 Å². The molecule has 6 nitrogen and oxygen atoms in total. The lowest BCUT2D eigenvalue weighted by Crippen LogP contribution is -2.53. The summed E-state index contributed by atoms with van der Waals surface area (Å²) in [6, 6.07) is 7.41. The van der Waals surface area contributed by atoms with E-state index in [0.717, 1.165) is 30.8 Å². The molecule has 1 amide bonds. The van der Waals surface area contributed by atoms with Gasteiger partial charge in [0.2, 0.25) is 5.82 Å². The summed E-state index contributed by atoms with van der Waals surface area (Å²) in [4.78, 5) is 17.2. The number of nitrogens with zero attached hydrogens (tertiary/aromatic N) is 3. The van der Waals surface area contributed by atoms with Gasteiger partial charge in [0.15, 0.2) is 0 Å². The summed E-state index contributed by atoms with van der Waals surface area (Å²) in [6.07, 6.45) is 3.79. The number of halogens is 1. The van der Waals surface area contributed by atoms with Crippen molar-refractivity contribution in [3.05, 3.63) is 40.9 Å². The Balaban J connectivity index is 1.91. The molecule has 7 heteroatoms. The smallest absolute Gasteiger partial charge is 0.291 e. The Morgan fingerprint density at radius 2 is 2.16 bits per heavy atom. The number of amides is 1. The van der Waals surface area contributed by atoms with Crippen molar-refractivity contribution in [2.24, 2.45) is 11.7 Å². The first-order valence-electron chi connectivity index (χ1n) is 8.72. The standard InChI is InChI=1S/C18H24ClN5O/c1-3-6-15-21-16(17(25)22-18(2,11-20)12-9-10-12)23-24(15)14-8-5-4-7-13(14)19/h4-5,7-8,12H,3,6,9-11,20H2,1-2H3,(H,22,25). The van der Waals surface area contributed by atoms with Crippen LogP contribution in [0.4, 0.5) is 0 Å². The van der Waals surface area contributed by atoms with E-state index in [2.05, 4.69) is 22.3 Å². The lowest BCUT2D eigenvalue weighted by molar-refractivity contribution is 0.0887. The quantitative estimate of drug-likeness (QED) is 0.793. The van der Waals surface area contributed by atoms with Gasteiger partial charge in [0.1, 0.15) is 5.82 Å². The number of carbonyl (C=O) groups excluding carboxylic acids is 1. The minimum Gasteiger partial charge on any atom is -0.343 e. The first-order chi connectivity index (χ1) is 12.0. The van der Waals surface area contributed by atoms with Gasteiger partial charge in [0.25, 0.3) is 5.91 Å². The second-order valence-electron chi connectivity index (χ2n) is 6.81. The number of benzene rings is 1. The largest absolute Gasteiger partial charge is 0.343 e. The second kappa shape index (κ2) is 7.14. The Kier molecular flexibility index (Phi) is 5.11. The van der Waals surface area contributed by atoms with Gasteiger partial charge in [0.05, 0.1) is 16.2 Å². The monoisotopic (exact) mass is 361 g/mol. The first kappa shape index (κ1) is 17.9. The lowest BCUT2D eigenvalue weighted by Gasteiger charge is -2.28. The highest BCUT2D eigenvalue weighted by Crippen LogP contribution is 2.39. The van der Waals surface area contributed by atoms with Crippen LogP contribution >= 0.6 is 11.6 Å². The average Bonchev–Trinajstić information content (AvgIpc) is 3.38. The van der Waals surface area contributed by atoms with E-state index >= 15 is 0 Å². The number of rotatable bonds is 7. The molecule has 0 aliphatic heterocycles. The van der Waals surface area contributed by atoms with Crippen molar-refractivity contribution in [1.82, 2.24) is 20.1 Å². The van der Waals surface area contributed by atoms with Crippen LogP contribution in [0.15, 0.2) is 24.3 Å². The molecule has 134 valence electrons. The maximum Gasteiger partial charge on any atom is 0.291 e. The lowest BCUT2D eigenvalue weighted by atomic mass is 9.96. The number of para-hydroxylation sites is 1. The molecule has 1 unspecified atom stereocenters. The number of nitrogens with two attached hydrogens (primary N) is 1. The number of carbonyl (C=O) groups is 1. The number of hydrogen-bond donors (Lipinski definition) is 2. The molecule has 1 fully saturated rings. The number of aryl methyl sites for hydroxylation is 1. The third-order valence-corrected chi connectivity index (χ3v) is 5.05. The summed E-state index contributed by atoms with van der Waals surface area (Å²) < 4.78 is 1.66. The highest BCUT2D eigenvalue weighted by atomic mass is 35.5. The molecule has 3 N–H and O–H groups in total. The Bertz CT molecular complexity index is 771. The zero-order valence-electron chi connectivity index (χ0n) is 14.6. The SMILES string of the molecule is CCCc1nc(C(=O)NC(C)(CN)C2CC2)nn1-c1ccccc1Cl. The van der Waals surface area contributed by atoms with E-state index in [1.54, 1.807) is 10.7 Å². The predicted molar refractivity (Wildman–Crippen MR) is 98.0 cm³/mol. The van der Waals surface area contributed by atoms with Crippen LogP contribution in [-0.4, -0.2) is 32.8 Å². The van der Waals surface area contributed by atoms with Gasteiger partial charge in [-0.1, -0.05) is 30.7 Å². The average molecular weight is 362 g/mol. The fourth-order valence-corrected chi connectivity index (χ4v) is 3.21. The molecule has 3 rings (SSSR count). The minimum atomic E-state index is -0.405. The summed E-state index contributed by atoms with van der Waals surface area (Å²) in [5, 5.41) is 8.03. The van der Waals surface area contributed by atoms with E-state index in [4.69, 9.17) is 17.3 Å². The summed E-state index contributed by atoms with van der Waals surface area (Å²) >= 11 is 6.29. The maximum atomic E-state index is 12.7. The highest BCUT2D eigenvalue weighted by Gasteiger charge is 2.42. The van der Waals surface area contributed by atoms with Crippen LogP contribution in [0.2, 0.25) is 5.02 Å². The van der Waals surface area contributed by atoms with Crippen LogP contribution in [0.5, 0.6) is 0 Å². The molecule has 1 aliphatic rings. The van der Waals surface area contributed by atoms with Crippen molar-refractivity contribution in [3.8, 4) is 5.69 Å². The summed E-state index contributed by atoms with van der Waals surface area (Å²) in [6.45, 7) is 4.45. The van der Waals surface area contributed by atoms with Crippen LogP contribution in [0, 0.1) is 5.92 Å². The van der Waals surface area contributed by atoms with E-state index < -0.39 is 5.54 Å². The Morgan fingerprint density at radius 3 is 2.76 bits per heavy atom. The minimum absolute atomic E-state index is 0.156. The van der Waals surface area contributed by atoms with Gasteiger partial charge in [0, 0.05) is 13.0 Å². The number of hydrogen-bond acceptors (Lipinski definition) is 4. The van der Waals surface area contributed by atoms with E-state index in [0.29, 0.717) is 23.9 Å². The molecule has 0 bridgehead atoms. The van der Waals surface area contributed by atoms with Crippen LogP contribution in [0.1, 0.15) is 49.6 Å². The fraction of sp³-hybridized carbons (Fsp3) is 0.500. The van der Waals surface area contributed by atoms with Crippen molar-refractivity contribution in [1.29, 1.82) is 0 Å². The van der Waals surface area contributed by atoms with Gasteiger partial charge >= 0.3 is 0 Å². The summed E-state index contributed by atoms with van der Waals surface area (Å²) in [5.74, 6) is 1.02. The molecular formula is C18H24ClN5O. The van der Waals surface area contributed by atoms with Crippen LogP contribution in [-0.2, 0) is 6.42 Å². The molecule has 0 spiro atoms. The third-order valence-electron chi connectivity index (χ3n) is 4.73. The molecule has 1 aliphatic carbocycles. The van der Waals surface area contributed by atoms with Gasteiger partial charge in [-0.2, -0.15) is 0 Å². The molecule has 1 atom stereocenters. The maximum absolute atomic E-state index is 12.7. The molecule has 1 aromatic carbocycles. The molecule has 1 saturated carbocycles. The molecule has 25 heavy (non-hydrogen) atoms. The van der Waals surface area contributed by atoms with E-state index in [1.807, 2.05) is 25.1 Å². The fourth-order valence-electron chi connectivity index (χ4n) is 3.00. The molecule has 1 heterocycles. The molecule has 0 saturated heterocycles. The van der Waals surface area contributed by atoms with E-state index in [9.17, 15) is 4.79 Å². The zero-order chi connectivity index (χ0) is 18.0. The summed E-state index contributed by atoms with van der Waals surface area (Å²) in [5.41, 5.74) is 6.21. The third kappa shape index (κ3) is 3.70. The van der Waals surface area contributed by atoms with Gasteiger partial charge in [-0.15, -0.1) is 5.10 Å². The second-order valence-corrected chi connectivity index (χ2v) is 7.22.